The predicted octanol–water partition coefficient (Wildman–Crippen LogP) is 1.66. The van der Waals surface area contributed by atoms with Gasteiger partial charge in [-0.05, 0) is 17.5 Å². The number of hydrogen-bond donors (Lipinski definition) is 2. The molecule has 1 aliphatic rings. The van der Waals surface area contributed by atoms with E-state index in [0.29, 0.717) is 6.42 Å². The molecule has 2 heteroatoms. The van der Waals surface area contributed by atoms with E-state index in [1.54, 1.807) is 0 Å². The fraction of sp³-hybridized carbons (Fsp3) is 0.500. The lowest BCUT2D eigenvalue weighted by Crippen LogP contribution is -2.41. The van der Waals surface area contributed by atoms with Crippen molar-refractivity contribution in [3.8, 4) is 0 Å². The third-order valence-corrected chi connectivity index (χ3v) is 3.33. The maximum Gasteiger partial charge on any atom is 0.0868 e. The summed E-state index contributed by atoms with van der Waals surface area (Å²) in [6, 6.07) is 7.77. The lowest BCUT2D eigenvalue weighted by molar-refractivity contribution is -0.0591. The van der Waals surface area contributed by atoms with Gasteiger partial charge < -0.3 is 10.2 Å². The van der Waals surface area contributed by atoms with E-state index in [0.717, 1.165) is 11.1 Å². The molecule has 0 fully saturated rings. The summed E-state index contributed by atoms with van der Waals surface area (Å²) in [6.07, 6.45) is -0.393. The van der Waals surface area contributed by atoms with Gasteiger partial charge in [0.1, 0.15) is 0 Å². The molecule has 0 aliphatic heterocycles. The molecule has 2 nitrogen and oxygen atoms in total. The van der Waals surface area contributed by atoms with Crippen molar-refractivity contribution in [3.05, 3.63) is 35.4 Å². The highest BCUT2D eigenvalue weighted by Gasteiger charge is 2.41. The van der Waals surface area contributed by atoms with Gasteiger partial charge >= 0.3 is 0 Å². The van der Waals surface area contributed by atoms with E-state index in [1.165, 1.54) is 0 Å². The van der Waals surface area contributed by atoms with E-state index in [1.807, 2.05) is 38.1 Å². The van der Waals surface area contributed by atoms with Gasteiger partial charge in [0, 0.05) is 5.41 Å². The fourth-order valence-corrected chi connectivity index (χ4v) is 2.04. The average molecular weight is 192 g/mol. The number of fused-ring (bicyclic) bond motifs is 1. The van der Waals surface area contributed by atoms with Gasteiger partial charge in [0.2, 0.25) is 0 Å². The van der Waals surface area contributed by atoms with Crippen LogP contribution in [0.5, 0.6) is 0 Å². The van der Waals surface area contributed by atoms with Crippen LogP contribution < -0.4 is 0 Å². The molecular formula is C12H16O2. The minimum absolute atomic E-state index is 0.450. The highest BCUT2D eigenvalue weighted by molar-refractivity contribution is 5.34. The van der Waals surface area contributed by atoms with Crippen LogP contribution in [0.1, 0.15) is 31.1 Å². The van der Waals surface area contributed by atoms with E-state index >= 15 is 0 Å². The summed E-state index contributed by atoms with van der Waals surface area (Å²) in [4.78, 5) is 0. The van der Waals surface area contributed by atoms with Gasteiger partial charge in [-0.15, -0.1) is 0 Å². The zero-order valence-corrected chi connectivity index (χ0v) is 8.57. The highest BCUT2D eigenvalue weighted by Crippen LogP contribution is 2.43. The Kier molecular flexibility index (Phi) is 2.13. The van der Waals surface area contributed by atoms with E-state index in [2.05, 4.69) is 0 Å². The van der Waals surface area contributed by atoms with Crippen molar-refractivity contribution in [1.82, 2.24) is 0 Å². The fourth-order valence-electron chi connectivity index (χ4n) is 2.04. The van der Waals surface area contributed by atoms with Crippen LogP contribution in [0.15, 0.2) is 24.3 Å². The average Bonchev–Trinajstić information content (AvgIpc) is 2.15. The minimum atomic E-state index is -0.567. The Bertz CT molecular complexity index is 344. The standard InChI is InChI=1S/C12H16O2/c1-12(2)10(13)7-8-5-3-4-6-9(8)11(12)14/h3-6,10-11,13-14H,7H2,1-2H3. The topological polar surface area (TPSA) is 40.5 Å². The quantitative estimate of drug-likeness (QED) is 0.656. The summed E-state index contributed by atoms with van der Waals surface area (Å²) >= 11 is 0. The molecule has 1 aromatic carbocycles. The van der Waals surface area contributed by atoms with Gasteiger partial charge in [-0.25, -0.2) is 0 Å². The minimum Gasteiger partial charge on any atom is -0.392 e. The molecule has 0 radical (unpaired) electrons. The molecule has 0 bridgehead atoms. The Morgan fingerprint density at radius 3 is 2.57 bits per heavy atom. The SMILES string of the molecule is CC1(C)C(O)Cc2ccccc2C1O. The summed E-state index contributed by atoms with van der Waals surface area (Å²) in [5.74, 6) is 0. The molecule has 14 heavy (non-hydrogen) atoms. The van der Waals surface area contributed by atoms with Gasteiger partial charge in [-0.1, -0.05) is 38.1 Å². The van der Waals surface area contributed by atoms with Gasteiger partial charge in [-0.2, -0.15) is 0 Å². The lowest BCUT2D eigenvalue weighted by atomic mass is 9.70. The van der Waals surface area contributed by atoms with Crippen molar-refractivity contribution in [1.29, 1.82) is 0 Å². The van der Waals surface area contributed by atoms with Crippen LogP contribution >= 0.6 is 0 Å². The first-order valence-corrected chi connectivity index (χ1v) is 4.97. The molecule has 76 valence electrons. The second-order valence-corrected chi connectivity index (χ2v) is 4.64. The summed E-state index contributed by atoms with van der Waals surface area (Å²) in [6.45, 7) is 3.80. The summed E-state index contributed by atoms with van der Waals surface area (Å²) < 4.78 is 0. The first kappa shape index (κ1) is 9.69. The number of aliphatic hydroxyl groups is 2. The monoisotopic (exact) mass is 192 g/mol. The highest BCUT2D eigenvalue weighted by atomic mass is 16.3. The number of rotatable bonds is 0. The van der Waals surface area contributed by atoms with Crippen molar-refractivity contribution in [3.63, 3.8) is 0 Å². The van der Waals surface area contributed by atoms with Crippen molar-refractivity contribution >= 4 is 0 Å². The number of aliphatic hydroxyl groups excluding tert-OH is 2. The Labute approximate surface area is 84.2 Å². The second kappa shape index (κ2) is 3.07. The molecule has 2 rings (SSSR count). The molecule has 0 saturated carbocycles. The lowest BCUT2D eigenvalue weighted by Gasteiger charge is -2.40. The zero-order valence-electron chi connectivity index (χ0n) is 8.57. The van der Waals surface area contributed by atoms with Gasteiger partial charge in [-0.3, -0.25) is 0 Å². The molecule has 2 unspecified atom stereocenters. The third-order valence-electron chi connectivity index (χ3n) is 3.33. The molecule has 0 spiro atoms. The largest absolute Gasteiger partial charge is 0.392 e. The van der Waals surface area contributed by atoms with Crippen molar-refractivity contribution < 1.29 is 10.2 Å². The second-order valence-electron chi connectivity index (χ2n) is 4.64. The maximum absolute atomic E-state index is 10.1. The zero-order chi connectivity index (χ0) is 10.3. The van der Waals surface area contributed by atoms with Gasteiger partial charge in [0.25, 0.3) is 0 Å². The summed E-state index contributed by atoms with van der Waals surface area (Å²) in [5.41, 5.74) is 1.57. The van der Waals surface area contributed by atoms with Gasteiger partial charge in [0.15, 0.2) is 0 Å². The summed E-state index contributed by atoms with van der Waals surface area (Å²) in [5, 5.41) is 20.0. The first-order valence-electron chi connectivity index (χ1n) is 4.97. The molecule has 2 N–H and O–H groups in total. The smallest absolute Gasteiger partial charge is 0.0868 e. The van der Waals surface area contributed by atoms with E-state index in [9.17, 15) is 10.2 Å². The third kappa shape index (κ3) is 1.26. The number of hydrogen-bond acceptors (Lipinski definition) is 2. The van der Waals surface area contributed by atoms with E-state index in [4.69, 9.17) is 0 Å². The van der Waals surface area contributed by atoms with Crippen molar-refractivity contribution in [2.45, 2.75) is 32.5 Å². The van der Waals surface area contributed by atoms with Crippen molar-refractivity contribution in [2.75, 3.05) is 0 Å². The molecule has 2 atom stereocenters. The van der Waals surface area contributed by atoms with Crippen LogP contribution in [0.2, 0.25) is 0 Å². The first-order chi connectivity index (χ1) is 6.53. The van der Waals surface area contributed by atoms with Crippen molar-refractivity contribution in [2.24, 2.45) is 5.41 Å². The summed E-state index contributed by atoms with van der Waals surface area (Å²) in [7, 11) is 0. The van der Waals surface area contributed by atoms with Gasteiger partial charge in [0.05, 0.1) is 12.2 Å². The molecule has 0 heterocycles. The molecule has 0 amide bonds. The van der Waals surface area contributed by atoms with Crippen LogP contribution in [-0.2, 0) is 6.42 Å². The molecule has 1 aromatic rings. The van der Waals surface area contributed by atoms with Crippen LogP contribution in [-0.4, -0.2) is 16.3 Å². The van der Waals surface area contributed by atoms with Crippen LogP contribution in [0.4, 0.5) is 0 Å². The Morgan fingerprint density at radius 1 is 1.21 bits per heavy atom. The maximum atomic E-state index is 10.1. The van der Waals surface area contributed by atoms with E-state index < -0.39 is 17.6 Å². The molecule has 0 saturated heterocycles. The predicted molar refractivity (Wildman–Crippen MR) is 54.9 cm³/mol. The van der Waals surface area contributed by atoms with E-state index in [-0.39, 0.29) is 0 Å². The Balaban J connectivity index is 2.49. The van der Waals surface area contributed by atoms with Crippen LogP contribution in [0.3, 0.4) is 0 Å². The normalized spacial score (nSPS) is 29.7. The van der Waals surface area contributed by atoms with Crippen LogP contribution in [0.25, 0.3) is 0 Å². The molecular weight excluding hydrogens is 176 g/mol. The Hall–Kier alpha value is -0.860. The molecule has 1 aliphatic carbocycles. The number of benzene rings is 1. The van der Waals surface area contributed by atoms with Crippen LogP contribution in [0, 0.1) is 5.41 Å². The molecule has 0 aromatic heterocycles. The Morgan fingerprint density at radius 2 is 1.86 bits per heavy atom.